The lowest BCUT2D eigenvalue weighted by Gasteiger charge is -2.08. The molecule has 0 aliphatic rings. The van der Waals surface area contributed by atoms with Gasteiger partial charge in [0.25, 0.3) is 0 Å². The minimum atomic E-state index is 0.247. The third-order valence-corrected chi connectivity index (χ3v) is 1.72. The normalized spacial score (nSPS) is 11.8. The molecule has 0 spiro atoms. The van der Waals surface area contributed by atoms with Crippen molar-refractivity contribution in [2.45, 2.75) is 65.9 Å². The van der Waals surface area contributed by atoms with E-state index in [0.29, 0.717) is 0 Å². The lowest BCUT2D eigenvalue weighted by atomic mass is 10.1. The minimum Gasteiger partial charge on any atom is -0.240 e. The molecule has 0 aromatic rings. The summed E-state index contributed by atoms with van der Waals surface area (Å²) in [4.78, 5) is 9.48. The van der Waals surface area contributed by atoms with Gasteiger partial charge in [-0.25, -0.2) is 9.78 Å². The van der Waals surface area contributed by atoms with E-state index in [1.54, 1.807) is 7.11 Å². The average Bonchev–Trinajstić information content (AvgIpc) is 2.16. The third-order valence-electron chi connectivity index (χ3n) is 1.72. The van der Waals surface area contributed by atoms with E-state index in [4.69, 9.17) is 4.89 Å². The average molecular weight is 190 g/mol. The van der Waals surface area contributed by atoms with E-state index in [0.717, 1.165) is 6.42 Å². The number of rotatable bonds is 7. The Bertz CT molecular complexity index is 74.5. The van der Waals surface area contributed by atoms with Gasteiger partial charge in [-0.05, 0) is 13.3 Å². The van der Waals surface area contributed by atoms with Crippen molar-refractivity contribution in [2.24, 2.45) is 0 Å². The van der Waals surface area contributed by atoms with Crippen molar-refractivity contribution in [3.8, 4) is 0 Å². The van der Waals surface area contributed by atoms with Crippen LogP contribution in [-0.2, 0) is 9.78 Å². The molecule has 0 saturated carbocycles. The smallest absolute Gasteiger partial charge is 0.0901 e. The van der Waals surface area contributed by atoms with Crippen LogP contribution in [-0.4, -0.2) is 13.2 Å². The second-order valence-corrected chi connectivity index (χ2v) is 2.92. The van der Waals surface area contributed by atoms with Crippen LogP contribution in [0.1, 0.15) is 59.8 Å². The Morgan fingerprint density at radius 1 is 1.08 bits per heavy atom. The molecule has 0 saturated heterocycles. The standard InChI is InChI=1S/C9H20O2.C2H6/c1-4-5-6-7-8-9(2)11-10-3;1-2/h9H,4-8H2,1-3H3;1-2H3/t9-;/m0./s1. The van der Waals surface area contributed by atoms with Gasteiger partial charge < -0.3 is 0 Å². The van der Waals surface area contributed by atoms with Gasteiger partial charge in [-0.2, -0.15) is 0 Å². The summed E-state index contributed by atoms with van der Waals surface area (Å²) in [5.41, 5.74) is 0. The molecule has 0 heterocycles. The summed E-state index contributed by atoms with van der Waals surface area (Å²) >= 11 is 0. The first-order valence-corrected chi connectivity index (χ1v) is 5.50. The Labute approximate surface area is 83.6 Å². The number of unbranched alkanes of at least 4 members (excludes halogenated alkanes) is 3. The molecular weight excluding hydrogens is 164 g/mol. The SMILES string of the molecule is CC.CCCCCC[C@H](C)OOC. The molecule has 13 heavy (non-hydrogen) atoms. The first-order valence-electron chi connectivity index (χ1n) is 5.50. The molecule has 2 nitrogen and oxygen atoms in total. The van der Waals surface area contributed by atoms with Gasteiger partial charge in [0.05, 0.1) is 13.2 Å². The lowest BCUT2D eigenvalue weighted by Crippen LogP contribution is -2.06. The summed E-state index contributed by atoms with van der Waals surface area (Å²) in [6, 6.07) is 0. The Kier molecular flexibility index (Phi) is 17.1. The van der Waals surface area contributed by atoms with Crippen molar-refractivity contribution in [2.75, 3.05) is 7.11 Å². The molecule has 0 rings (SSSR count). The summed E-state index contributed by atoms with van der Waals surface area (Å²) in [5, 5.41) is 0. The summed E-state index contributed by atoms with van der Waals surface area (Å²) < 4.78 is 0. The van der Waals surface area contributed by atoms with Crippen molar-refractivity contribution in [3.63, 3.8) is 0 Å². The van der Waals surface area contributed by atoms with E-state index in [9.17, 15) is 0 Å². The van der Waals surface area contributed by atoms with E-state index in [-0.39, 0.29) is 6.10 Å². The molecule has 0 bridgehead atoms. The maximum absolute atomic E-state index is 4.92. The first kappa shape index (κ1) is 15.4. The zero-order chi connectivity index (χ0) is 10.5. The maximum Gasteiger partial charge on any atom is 0.0901 e. The third kappa shape index (κ3) is 14.7. The van der Waals surface area contributed by atoms with Gasteiger partial charge in [0.15, 0.2) is 0 Å². The van der Waals surface area contributed by atoms with Gasteiger partial charge in [-0.15, -0.1) is 0 Å². The summed E-state index contributed by atoms with van der Waals surface area (Å²) in [5.74, 6) is 0. The van der Waals surface area contributed by atoms with Crippen molar-refractivity contribution in [1.29, 1.82) is 0 Å². The topological polar surface area (TPSA) is 18.5 Å². The van der Waals surface area contributed by atoms with Crippen LogP contribution in [0.4, 0.5) is 0 Å². The zero-order valence-electron chi connectivity index (χ0n) is 9.93. The van der Waals surface area contributed by atoms with E-state index >= 15 is 0 Å². The molecule has 0 N–H and O–H groups in total. The van der Waals surface area contributed by atoms with Crippen molar-refractivity contribution >= 4 is 0 Å². The lowest BCUT2D eigenvalue weighted by molar-refractivity contribution is -0.301. The minimum absolute atomic E-state index is 0.247. The van der Waals surface area contributed by atoms with Crippen LogP contribution < -0.4 is 0 Å². The molecule has 0 aromatic carbocycles. The molecule has 2 heteroatoms. The highest BCUT2D eigenvalue weighted by atomic mass is 17.2. The van der Waals surface area contributed by atoms with Crippen LogP contribution in [0.5, 0.6) is 0 Å². The van der Waals surface area contributed by atoms with Gasteiger partial charge >= 0.3 is 0 Å². The second kappa shape index (κ2) is 14.4. The van der Waals surface area contributed by atoms with Crippen LogP contribution >= 0.6 is 0 Å². The van der Waals surface area contributed by atoms with E-state index in [2.05, 4.69) is 11.8 Å². The van der Waals surface area contributed by atoms with Crippen LogP contribution in [0.3, 0.4) is 0 Å². The van der Waals surface area contributed by atoms with Crippen molar-refractivity contribution < 1.29 is 9.78 Å². The highest BCUT2D eigenvalue weighted by molar-refractivity contribution is 4.48. The zero-order valence-corrected chi connectivity index (χ0v) is 9.93. The summed E-state index contributed by atoms with van der Waals surface area (Å²) in [7, 11) is 1.56. The van der Waals surface area contributed by atoms with E-state index in [1.807, 2.05) is 20.8 Å². The predicted octanol–water partition coefficient (Wildman–Crippen LogP) is 3.95. The highest BCUT2D eigenvalue weighted by Crippen LogP contribution is 2.07. The molecule has 0 aliphatic carbocycles. The van der Waals surface area contributed by atoms with Crippen LogP contribution in [0.15, 0.2) is 0 Å². The monoisotopic (exact) mass is 190 g/mol. The molecule has 0 amide bonds. The first-order chi connectivity index (χ1) is 6.31. The molecule has 82 valence electrons. The molecule has 0 aromatic heterocycles. The second-order valence-electron chi connectivity index (χ2n) is 2.92. The molecule has 1 atom stereocenters. The van der Waals surface area contributed by atoms with E-state index < -0.39 is 0 Å². The fraction of sp³-hybridized carbons (Fsp3) is 1.00. The van der Waals surface area contributed by atoms with Crippen molar-refractivity contribution in [3.05, 3.63) is 0 Å². The maximum atomic E-state index is 4.92. The Morgan fingerprint density at radius 3 is 2.15 bits per heavy atom. The molecule has 0 fully saturated rings. The van der Waals surface area contributed by atoms with E-state index in [1.165, 1.54) is 25.7 Å². The van der Waals surface area contributed by atoms with Gasteiger partial charge in [0.2, 0.25) is 0 Å². The highest BCUT2D eigenvalue weighted by Gasteiger charge is 2.00. The Hall–Kier alpha value is -0.0800. The Balaban J connectivity index is 0. The summed E-state index contributed by atoms with van der Waals surface area (Å²) in [6.45, 7) is 8.25. The van der Waals surface area contributed by atoms with Crippen LogP contribution in [0, 0.1) is 0 Å². The predicted molar refractivity (Wildman–Crippen MR) is 57.7 cm³/mol. The molecule has 0 aliphatic heterocycles. The summed E-state index contributed by atoms with van der Waals surface area (Å²) in [6.07, 6.45) is 6.54. The van der Waals surface area contributed by atoms with Crippen LogP contribution in [0.2, 0.25) is 0 Å². The van der Waals surface area contributed by atoms with Gasteiger partial charge in [0, 0.05) is 0 Å². The van der Waals surface area contributed by atoms with Gasteiger partial charge in [-0.3, -0.25) is 0 Å². The van der Waals surface area contributed by atoms with Crippen molar-refractivity contribution in [1.82, 2.24) is 0 Å². The quantitative estimate of drug-likeness (QED) is 0.344. The number of hydrogen-bond donors (Lipinski definition) is 0. The number of hydrogen-bond acceptors (Lipinski definition) is 2. The Morgan fingerprint density at radius 2 is 1.69 bits per heavy atom. The fourth-order valence-electron chi connectivity index (χ4n) is 1.07. The molecular formula is C11H26O2. The van der Waals surface area contributed by atoms with Gasteiger partial charge in [-0.1, -0.05) is 46.5 Å². The fourth-order valence-corrected chi connectivity index (χ4v) is 1.07. The largest absolute Gasteiger partial charge is 0.240 e. The van der Waals surface area contributed by atoms with Gasteiger partial charge in [0.1, 0.15) is 0 Å². The molecule has 0 unspecified atom stereocenters. The van der Waals surface area contributed by atoms with Crippen LogP contribution in [0.25, 0.3) is 0 Å². The molecule has 0 radical (unpaired) electrons.